The normalized spacial score (nSPS) is 16.1. The molecule has 24 heavy (non-hydrogen) atoms. The number of fused-ring (bicyclic) bond motifs is 1. The van der Waals surface area contributed by atoms with Crippen molar-refractivity contribution in [1.82, 2.24) is 10.4 Å². The maximum absolute atomic E-state index is 12.7. The summed E-state index contributed by atoms with van der Waals surface area (Å²) in [7, 11) is 0. The number of non-ortho nitro benzene ring substituents is 1. The van der Waals surface area contributed by atoms with E-state index >= 15 is 0 Å². The maximum Gasteiger partial charge on any atom is 0.276 e. The van der Waals surface area contributed by atoms with E-state index in [1.807, 2.05) is 0 Å². The van der Waals surface area contributed by atoms with Gasteiger partial charge in [-0.15, -0.1) is 0 Å². The molecule has 1 aliphatic rings. The lowest BCUT2D eigenvalue weighted by atomic mass is 10.0. The Labute approximate surface area is 137 Å². The first-order valence-corrected chi connectivity index (χ1v) is 7.18. The Hall–Kier alpha value is -3.42. The second-order valence-electron chi connectivity index (χ2n) is 5.29. The van der Waals surface area contributed by atoms with Crippen LogP contribution in [0, 0.1) is 10.1 Å². The van der Waals surface area contributed by atoms with Crippen LogP contribution in [0.5, 0.6) is 0 Å². The number of nitro groups is 1. The van der Waals surface area contributed by atoms with Crippen molar-refractivity contribution < 1.29 is 14.5 Å². The summed E-state index contributed by atoms with van der Waals surface area (Å²) in [6, 6.07) is 12.8. The fourth-order valence-corrected chi connectivity index (χ4v) is 2.58. The third-order valence-corrected chi connectivity index (χ3v) is 3.60. The smallest absolute Gasteiger partial charge is 0.276 e. The van der Waals surface area contributed by atoms with Gasteiger partial charge in [0.05, 0.1) is 10.5 Å². The quantitative estimate of drug-likeness (QED) is 0.664. The molecule has 0 spiro atoms. The molecule has 122 valence electrons. The van der Waals surface area contributed by atoms with E-state index in [9.17, 15) is 19.7 Å². The van der Waals surface area contributed by atoms with E-state index in [2.05, 4.69) is 10.7 Å². The number of amides is 2. The Morgan fingerprint density at radius 1 is 1.25 bits per heavy atom. The van der Waals surface area contributed by atoms with Gasteiger partial charge in [0.25, 0.3) is 11.6 Å². The number of carbonyl (C=O) groups is 2. The second kappa shape index (κ2) is 5.99. The van der Waals surface area contributed by atoms with Crippen molar-refractivity contribution in [2.24, 2.45) is 0 Å². The van der Waals surface area contributed by atoms with E-state index in [1.165, 1.54) is 25.1 Å². The van der Waals surface area contributed by atoms with Crippen LogP contribution in [0.25, 0.3) is 0 Å². The lowest BCUT2D eigenvalue weighted by Crippen LogP contribution is -2.52. The highest BCUT2D eigenvalue weighted by Gasteiger charge is 2.34. The molecule has 0 aromatic heterocycles. The molecule has 0 bridgehead atoms. The largest absolute Gasteiger partial charge is 0.359 e. The van der Waals surface area contributed by atoms with Crippen LogP contribution in [0.3, 0.4) is 0 Å². The SMILES string of the molecule is CC(=O)NN1C(=O)c2ccccc2N[C@@H]1c1cccc([N+](=O)[O-])c1. The molecule has 2 aromatic carbocycles. The van der Waals surface area contributed by atoms with Gasteiger partial charge in [-0.2, -0.15) is 0 Å². The lowest BCUT2D eigenvalue weighted by molar-refractivity contribution is -0.384. The summed E-state index contributed by atoms with van der Waals surface area (Å²) in [5.41, 5.74) is 3.88. The number of benzene rings is 2. The highest BCUT2D eigenvalue weighted by molar-refractivity contribution is 6.02. The van der Waals surface area contributed by atoms with Crippen molar-refractivity contribution in [2.45, 2.75) is 13.1 Å². The fourth-order valence-electron chi connectivity index (χ4n) is 2.58. The van der Waals surface area contributed by atoms with Crippen LogP contribution in [0.2, 0.25) is 0 Å². The van der Waals surface area contributed by atoms with E-state index in [0.717, 1.165) is 5.01 Å². The van der Waals surface area contributed by atoms with Gasteiger partial charge in [-0.1, -0.05) is 24.3 Å². The molecular weight excluding hydrogens is 312 g/mol. The number of anilines is 1. The van der Waals surface area contributed by atoms with Gasteiger partial charge >= 0.3 is 0 Å². The summed E-state index contributed by atoms with van der Waals surface area (Å²) in [5.74, 6) is -0.809. The average molecular weight is 326 g/mol. The highest BCUT2D eigenvalue weighted by atomic mass is 16.6. The number of carbonyl (C=O) groups excluding carboxylic acids is 2. The van der Waals surface area contributed by atoms with Crippen molar-refractivity contribution in [1.29, 1.82) is 0 Å². The molecule has 0 unspecified atom stereocenters. The van der Waals surface area contributed by atoms with Gasteiger partial charge in [0.15, 0.2) is 0 Å². The Morgan fingerprint density at radius 3 is 2.71 bits per heavy atom. The Balaban J connectivity index is 2.07. The lowest BCUT2D eigenvalue weighted by Gasteiger charge is -2.37. The van der Waals surface area contributed by atoms with Gasteiger partial charge in [0, 0.05) is 30.3 Å². The summed E-state index contributed by atoms with van der Waals surface area (Å²) in [6.45, 7) is 1.29. The van der Waals surface area contributed by atoms with Crippen molar-refractivity contribution in [2.75, 3.05) is 5.32 Å². The van der Waals surface area contributed by atoms with E-state index in [4.69, 9.17) is 0 Å². The number of nitrogens with one attached hydrogen (secondary N) is 2. The predicted octanol–water partition coefficient (Wildman–Crippen LogP) is 2.21. The molecule has 8 nitrogen and oxygen atoms in total. The van der Waals surface area contributed by atoms with Crippen LogP contribution in [-0.4, -0.2) is 21.7 Å². The van der Waals surface area contributed by atoms with Crippen LogP contribution >= 0.6 is 0 Å². The van der Waals surface area contributed by atoms with Crippen molar-refractivity contribution in [3.8, 4) is 0 Å². The number of hydrogen-bond acceptors (Lipinski definition) is 5. The van der Waals surface area contributed by atoms with E-state index in [-0.39, 0.29) is 5.69 Å². The first-order valence-electron chi connectivity index (χ1n) is 7.18. The fraction of sp³-hybridized carbons (Fsp3) is 0.125. The summed E-state index contributed by atoms with van der Waals surface area (Å²) in [4.78, 5) is 34.7. The molecule has 2 N–H and O–H groups in total. The minimum Gasteiger partial charge on any atom is -0.359 e. The number of para-hydroxylation sites is 1. The Kier molecular flexibility index (Phi) is 3.87. The zero-order valence-corrected chi connectivity index (χ0v) is 12.7. The molecule has 3 rings (SSSR count). The van der Waals surface area contributed by atoms with Crippen molar-refractivity contribution in [3.63, 3.8) is 0 Å². The van der Waals surface area contributed by atoms with Crippen LogP contribution < -0.4 is 10.7 Å². The standard InChI is InChI=1S/C16H14N4O4/c1-10(21)18-19-15(11-5-4-6-12(9-11)20(23)24)17-14-8-3-2-7-13(14)16(19)22/h2-9,15,17H,1H3,(H,18,21)/t15-/m0/s1. The Morgan fingerprint density at radius 2 is 2.00 bits per heavy atom. The highest BCUT2D eigenvalue weighted by Crippen LogP contribution is 2.32. The summed E-state index contributed by atoms with van der Waals surface area (Å²) in [6.07, 6.45) is -0.754. The molecule has 0 saturated heterocycles. The van der Waals surface area contributed by atoms with Gasteiger partial charge in [0.2, 0.25) is 5.91 Å². The summed E-state index contributed by atoms with van der Waals surface area (Å²) in [5, 5.41) is 15.3. The molecule has 1 atom stereocenters. The predicted molar refractivity (Wildman–Crippen MR) is 85.9 cm³/mol. The minimum absolute atomic E-state index is 0.0941. The first-order chi connectivity index (χ1) is 11.5. The van der Waals surface area contributed by atoms with Crippen LogP contribution in [-0.2, 0) is 4.79 Å². The van der Waals surface area contributed by atoms with Crippen molar-refractivity contribution >= 4 is 23.2 Å². The van der Waals surface area contributed by atoms with Gasteiger partial charge < -0.3 is 5.32 Å². The maximum atomic E-state index is 12.7. The molecule has 1 heterocycles. The number of hydrogen-bond donors (Lipinski definition) is 2. The molecule has 2 amide bonds. The van der Waals surface area contributed by atoms with Gasteiger partial charge in [0.1, 0.15) is 6.17 Å². The zero-order chi connectivity index (χ0) is 17.3. The molecule has 0 saturated carbocycles. The molecule has 0 radical (unpaired) electrons. The number of rotatable bonds is 3. The molecule has 2 aromatic rings. The van der Waals surface area contributed by atoms with E-state index < -0.39 is 22.9 Å². The molecule has 0 fully saturated rings. The number of nitrogens with zero attached hydrogens (tertiary/aromatic N) is 2. The number of nitro benzene ring substituents is 1. The second-order valence-corrected chi connectivity index (χ2v) is 5.29. The first kappa shape index (κ1) is 15.5. The average Bonchev–Trinajstić information content (AvgIpc) is 2.57. The number of hydrazine groups is 1. The molecule has 8 heteroatoms. The van der Waals surface area contributed by atoms with Gasteiger partial charge in [-0.05, 0) is 12.1 Å². The molecule has 0 aliphatic carbocycles. The zero-order valence-electron chi connectivity index (χ0n) is 12.7. The third kappa shape index (κ3) is 2.76. The minimum atomic E-state index is -0.754. The topological polar surface area (TPSA) is 105 Å². The monoisotopic (exact) mass is 326 g/mol. The van der Waals surface area contributed by atoms with E-state index in [1.54, 1.807) is 30.3 Å². The Bertz CT molecular complexity index is 836. The van der Waals surface area contributed by atoms with Crippen LogP contribution in [0.15, 0.2) is 48.5 Å². The third-order valence-electron chi connectivity index (χ3n) is 3.60. The van der Waals surface area contributed by atoms with Crippen molar-refractivity contribution in [3.05, 3.63) is 69.8 Å². The molecular formula is C16H14N4O4. The summed E-state index contributed by atoms with van der Waals surface area (Å²) >= 11 is 0. The van der Waals surface area contributed by atoms with E-state index in [0.29, 0.717) is 16.8 Å². The van der Waals surface area contributed by atoms with Gasteiger partial charge in [-0.3, -0.25) is 25.1 Å². The molecule has 1 aliphatic heterocycles. The van der Waals surface area contributed by atoms with Crippen LogP contribution in [0.4, 0.5) is 11.4 Å². The summed E-state index contributed by atoms with van der Waals surface area (Å²) < 4.78 is 0. The van der Waals surface area contributed by atoms with Crippen LogP contribution in [0.1, 0.15) is 29.0 Å². The van der Waals surface area contributed by atoms with Gasteiger partial charge in [-0.25, -0.2) is 5.01 Å².